The number of carbonyl (C=O) groups is 2. The lowest BCUT2D eigenvalue weighted by atomic mass is 10.0. The summed E-state index contributed by atoms with van der Waals surface area (Å²) in [4.78, 5) is 27.2. The summed E-state index contributed by atoms with van der Waals surface area (Å²) in [6.07, 6.45) is 8.72. The van der Waals surface area contributed by atoms with Crippen LogP contribution in [-0.4, -0.2) is 17.6 Å². The van der Waals surface area contributed by atoms with Crippen molar-refractivity contribution < 1.29 is 9.59 Å². The van der Waals surface area contributed by atoms with Gasteiger partial charge < -0.3 is 5.32 Å². The predicted octanol–water partition coefficient (Wildman–Crippen LogP) is 6.33. The smallest absolute Gasteiger partial charge is 0.238 e. The van der Waals surface area contributed by atoms with Crippen LogP contribution in [0, 0.1) is 5.92 Å². The highest BCUT2D eigenvalue weighted by molar-refractivity contribution is 8.00. The van der Waals surface area contributed by atoms with Gasteiger partial charge in [-0.3, -0.25) is 14.5 Å². The molecule has 4 nitrogen and oxygen atoms in total. The van der Waals surface area contributed by atoms with E-state index in [0.29, 0.717) is 12.2 Å². The Morgan fingerprint density at radius 1 is 1.13 bits per heavy atom. The highest BCUT2D eigenvalue weighted by atomic mass is 32.2. The maximum atomic E-state index is 12.8. The first kappa shape index (κ1) is 21.9. The van der Waals surface area contributed by atoms with Crippen molar-refractivity contribution in [1.29, 1.82) is 0 Å². The van der Waals surface area contributed by atoms with E-state index in [1.54, 1.807) is 11.8 Å². The number of nitrogens with zero attached hydrogens (tertiary/aromatic N) is 1. The Kier molecular flexibility index (Phi) is 7.33. The molecule has 1 saturated carbocycles. The minimum absolute atomic E-state index is 0.0687. The van der Waals surface area contributed by atoms with E-state index < -0.39 is 0 Å². The van der Waals surface area contributed by atoms with Crippen LogP contribution in [0.2, 0.25) is 0 Å². The number of carbonyl (C=O) groups excluding carboxylic acids is 2. The molecule has 1 N–H and O–H groups in total. The third-order valence-corrected chi connectivity index (χ3v) is 7.56. The number of thioether (sulfide) groups is 1. The highest BCUT2D eigenvalue weighted by Crippen LogP contribution is 2.43. The van der Waals surface area contributed by atoms with Gasteiger partial charge in [0.25, 0.3) is 0 Å². The van der Waals surface area contributed by atoms with Crippen LogP contribution in [0.1, 0.15) is 68.4 Å². The van der Waals surface area contributed by atoms with Crippen LogP contribution in [0.15, 0.2) is 48.5 Å². The largest absolute Gasteiger partial charge is 0.326 e. The number of hydrogen-bond donors (Lipinski definition) is 1. The SMILES string of the molecule is CCCc1ccccc1N1C(=O)CS[C@@H]1c1cccc(NC(=O)CCC2CCCC2)c1. The van der Waals surface area contributed by atoms with Gasteiger partial charge in [-0.2, -0.15) is 0 Å². The van der Waals surface area contributed by atoms with Crippen molar-refractivity contribution in [3.63, 3.8) is 0 Å². The van der Waals surface area contributed by atoms with E-state index in [2.05, 4.69) is 30.4 Å². The normalized spacial score (nSPS) is 19.2. The van der Waals surface area contributed by atoms with Crippen molar-refractivity contribution in [2.45, 2.75) is 63.7 Å². The number of benzene rings is 2. The maximum Gasteiger partial charge on any atom is 0.238 e. The summed E-state index contributed by atoms with van der Waals surface area (Å²) in [6.45, 7) is 2.16. The zero-order chi connectivity index (χ0) is 21.6. The summed E-state index contributed by atoms with van der Waals surface area (Å²) < 4.78 is 0. The van der Waals surface area contributed by atoms with E-state index in [4.69, 9.17) is 0 Å². The Balaban J connectivity index is 1.48. The van der Waals surface area contributed by atoms with Gasteiger partial charge in [-0.15, -0.1) is 11.8 Å². The van der Waals surface area contributed by atoms with Gasteiger partial charge >= 0.3 is 0 Å². The van der Waals surface area contributed by atoms with Crippen LogP contribution in [0.5, 0.6) is 0 Å². The molecule has 0 aromatic heterocycles. The first-order valence-electron chi connectivity index (χ1n) is 11.6. The van der Waals surface area contributed by atoms with E-state index in [1.165, 1.54) is 31.2 Å². The molecule has 2 aliphatic rings. The molecule has 2 fully saturated rings. The second kappa shape index (κ2) is 10.4. The standard InChI is InChI=1S/C26H32N2O2S/c1-2-8-20-11-5-6-14-23(20)28-25(30)18-31-26(28)21-12-7-13-22(17-21)27-24(29)16-15-19-9-3-4-10-19/h5-7,11-14,17,19,26H,2-4,8-10,15-16,18H2,1H3,(H,27,29)/t26-/m1/s1. The molecule has 31 heavy (non-hydrogen) atoms. The van der Waals surface area contributed by atoms with E-state index in [0.717, 1.165) is 42.1 Å². The average molecular weight is 437 g/mol. The minimum atomic E-state index is -0.0687. The Labute approximate surface area is 189 Å². The first-order valence-corrected chi connectivity index (χ1v) is 12.6. The Morgan fingerprint density at radius 3 is 2.74 bits per heavy atom. The van der Waals surface area contributed by atoms with Gasteiger partial charge in [-0.05, 0) is 48.1 Å². The molecule has 1 heterocycles. The van der Waals surface area contributed by atoms with Crippen molar-refractivity contribution in [1.82, 2.24) is 0 Å². The van der Waals surface area contributed by atoms with Gasteiger partial charge in [-0.1, -0.05) is 69.4 Å². The molecule has 0 spiro atoms. The molecule has 1 saturated heterocycles. The molecule has 164 valence electrons. The van der Waals surface area contributed by atoms with Gasteiger partial charge in [0.1, 0.15) is 5.37 Å². The Bertz CT molecular complexity index is 923. The van der Waals surface area contributed by atoms with Crippen LogP contribution < -0.4 is 10.2 Å². The topological polar surface area (TPSA) is 49.4 Å². The average Bonchev–Trinajstić information content (AvgIpc) is 3.43. The minimum Gasteiger partial charge on any atom is -0.326 e. The van der Waals surface area contributed by atoms with Crippen molar-refractivity contribution in [3.05, 3.63) is 59.7 Å². The van der Waals surface area contributed by atoms with Gasteiger partial charge in [0.2, 0.25) is 11.8 Å². The molecule has 1 aliphatic heterocycles. The Hall–Kier alpha value is -2.27. The van der Waals surface area contributed by atoms with E-state index >= 15 is 0 Å². The summed E-state index contributed by atoms with van der Waals surface area (Å²) >= 11 is 1.65. The number of anilines is 2. The van der Waals surface area contributed by atoms with Gasteiger partial charge in [-0.25, -0.2) is 0 Å². The summed E-state index contributed by atoms with van der Waals surface area (Å²) in [5, 5.41) is 3.01. The number of rotatable bonds is 8. The lowest BCUT2D eigenvalue weighted by Crippen LogP contribution is -2.28. The number of nitrogens with one attached hydrogen (secondary N) is 1. The first-order chi connectivity index (χ1) is 15.2. The summed E-state index contributed by atoms with van der Waals surface area (Å²) in [5.41, 5.74) is 4.09. The lowest BCUT2D eigenvalue weighted by molar-refractivity contribution is -0.117. The van der Waals surface area contributed by atoms with Gasteiger partial charge in [0.15, 0.2) is 0 Å². The highest BCUT2D eigenvalue weighted by Gasteiger charge is 2.35. The maximum absolute atomic E-state index is 12.8. The second-order valence-corrected chi connectivity index (χ2v) is 9.74. The molecule has 2 aromatic rings. The fourth-order valence-corrected chi connectivity index (χ4v) is 5.94. The van der Waals surface area contributed by atoms with Crippen LogP contribution >= 0.6 is 11.8 Å². The molecule has 2 aromatic carbocycles. The fourth-order valence-electron chi connectivity index (χ4n) is 4.79. The van der Waals surface area contributed by atoms with Gasteiger partial charge in [0, 0.05) is 17.8 Å². The zero-order valence-electron chi connectivity index (χ0n) is 18.3. The number of aryl methyl sites for hydroxylation is 1. The summed E-state index contributed by atoms with van der Waals surface area (Å²) in [7, 11) is 0. The Morgan fingerprint density at radius 2 is 1.94 bits per heavy atom. The van der Waals surface area contributed by atoms with E-state index in [-0.39, 0.29) is 17.2 Å². The third kappa shape index (κ3) is 5.32. The van der Waals surface area contributed by atoms with Crippen LogP contribution in [-0.2, 0) is 16.0 Å². The quantitative estimate of drug-likeness (QED) is 0.526. The molecule has 0 bridgehead atoms. The fraction of sp³-hybridized carbons (Fsp3) is 0.462. The molecule has 2 amide bonds. The summed E-state index contributed by atoms with van der Waals surface area (Å²) in [5.74, 6) is 1.42. The molecule has 4 rings (SSSR count). The molecular formula is C26H32N2O2S. The van der Waals surface area contributed by atoms with Crippen LogP contribution in [0.3, 0.4) is 0 Å². The molecule has 1 aliphatic carbocycles. The van der Waals surface area contributed by atoms with Crippen LogP contribution in [0.25, 0.3) is 0 Å². The van der Waals surface area contributed by atoms with Crippen molar-refractivity contribution in [2.75, 3.05) is 16.0 Å². The number of para-hydroxylation sites is 1. The van der Waals surface area contributed by atoms with Crippen molar-refractivity contribution >= 4 is 35.0 Å². The molecular weight excluding hydrogens is 404 g/mol. The van der Waals surface area contributed by atoms with Crippen LogP contribution in [0.4, 0.5) is 11.4 Å². The van der Waals surface area contributed by atoms with E-state index in [1.807, 2.05) is 35.2 Å². The van der Waals surface area contributed by atoms with Crippen molar-refractivity contribution in [2.24, 2.45) is 5.92 Å². The zero-order valence-corrected chi connectivity index (χ0v) is 19.1. The van der Waals surface area contributed by atoms with E-state index in [9.17, 15) is 9.59 Å². The molecule has 5 heteroatoms. The monoisotopic (exact) mass is 436 g/mol. The van der Waals surface area contributed by atoms with Gasteiger partial charge in [0.05, 0.1) is 5.75 Å². The van der Waals surface area contributed by atoms with Crippen molar-refractivity contribution in [3.8, 4) is 0 Å². The number of amides is 2. The summed E-state index contributed by atoms with van der Waals surface area (Å²) in [6, 6.07) is 16.2. The third-order valence-electron chi connectivity index (χ3n) is 6.35. The molecule has 1 atom stereocenters. The molecule has 0 radical (unpaired) electrons. The second-order valence-electron chi connectivity index (χ2n) is 8.67. The predicted molar refractivity (Wildman–Crippen MR) is 129 cm³/mol. The number of hydrogen-bond acceptors (Lipinski definition) is 3. The lowest BCUT2D eigenvalue weighted by Gasteiger charge is -2.27. The molecule has 0 unspecified atom stereocenters.